The van der Waals surface area contributed by atoms with Crippen molar-refractivity contribution < 1.29 is 37.3 Å². The van der Waals surface area contributed by atoms with Gasteiger partial charge in [-0.25, -0.2) is 0 Å². The maximum Gasteiger partial charge on any atom is 0.454 e. The molecule has 0 radical (unpaired) electrons. The fraction of sp³-hybridized carbons (Fsp3) is 0.208. The summed E-state index contributed by atoms with van der Waals surface area (Å²) in [4.78, 5) is 12.5. The summed E-state index contributed by atoms with van der Waals surface area (Å²) < 4.78 is 56.8. The third kappa shape index (κ3) is 3.32. The van der Waals surface area contributed by atoms with Crippen LogP contribution in [0.3, 0.4) is 0 Å². The molecule has 1 unspecified atom stereocenters. The van der Waals surface area contributed by atoms with Gasteiger partial charge >= 0.3 is 6.18 Å². The van der Waals surface area contributed by atoms with Crippen molar-refractivity contribution in [1.82, 2.24) is 0 Å². The Kier molecular flexibility index (Phi) is 5.24. The van der Waals surface area contributed by atoms with Crippen LogP contribution in [-0.4, -0.2) is 38.4 Å². The number of aliphatic hydroxyl groups excluding tert-OH is 1. The lowest BCUT2D eigenvalue weighted by Gasteiger charge is -2.23. The lowest BCUT2D eigenvalue weighted by Crippen LogP contribution is -2.27. The number of fused-ring (bicyclic) bond motifs is 2. The van der Waals surface area contributed by atoms with Crippen molar-refractivity contribution in [2.75, 3.05) is 21.3 Å². The van der Waals surface area contributed by atoms with E-state index >= 15 is 0 Å². The Morgan fingerprint density at radius 1 is 0.906 bits per heavy atom. The zero-order chi connectivity index (χ0) is 23.2. The molecule has 3 aromatic rings. The van der Waals surface area contributed by atoms with Gasteiger partial charge in [0.05, 0.1) is 26.9 Å². The molecule has 0 aliphatic heterocycles. The second-order valence-corrected chi connectivity index (χ2v) is 7.25. The molecule has 166 valence electrons. The van der Waals surface area contributed by atoms with Crippen LogP contribution in [0.4, 0.5) is 13.2 Å². The van der Waals surface area contributed by atoms with Crippen molar-refractivity contribution in [3.8, 4) is 17.2 Å². The molecule has 0 heterocycles. The number of ether oxygens (including phenoxy) is 3. The molecule has 0 saturated heterocycles. The van der Waals surface area contributed by atoms with E-state index in [9.17, 15) is 23.1 Å². The van der Waals surface area contributed by atoms with Crippen molar-refractivity contribution in [1.29, 1.82) is 0 Å². The van der Waals surface area contributed by atoms with E-state index in [0.717, 1.165) is 5.39 Å². The van der Waals surface area contributed by atoms with E-state index in [-0.39, 0.29) is 22.6 Å². The van der Waals surface area contributed by atoms with Gasteiger partial charge in [0.2, 0.25) is 0 Å². The maximum absolute atomic E-state index is 13.6. The summed E-state index contributed by atoms with van der Waals surface area (Å²) in [6.45, 7) is 0. The number of benzene rings is 3. The van der Waals surface area contributed by atoms with Crippen LogP contribution in [-0.2, 0) is 4.79 Å². The predicted molar refractivity (Wildman–Crippen MR) is 112 cm³/mol. The number of halogens is 3. The number of rotatable bonds is 5. The van der Waals surface area contributed by atoms with Crippen LogP contribution in [0.2, 0.25) is 0 Å². The second-order valence-electron chi connectivity index (χ2n) is 7.25. The molecule has 1 atom stereocenters. The van der Waals surface area contributed by atoms with Gasteiger partial charge in [0.1, 0.15) is 23.0 Å². The number of hydrogen-bond donors (Lipinski definition) is 1. The van der Waals surface area contributed by atoms with Gasteiger partial charge in [0.25, 0.3) is 5.78 Å². The van der Waals surface area contributed by atoms with Gasteiger partial charge in [-0.3, -0.25) is 4.79 Å². The number of allylic oxidation sites excluding steroid dienone is 1. The molecule has 0 amide bonds. The Labute approximate surface area is 181 Å². The quantitative estimate of drug-likeness (QED) is 0.570. The third-order valence-corrected chi connectivity index (χ3v) is 5.57. The van der Waals surface area contributed by atoms with Crippen molar-refractivity contribution in [2.24, 2.45) is 0 Å². The summed E-state index contributed by atoms with van der Waals surface area (Å²) in [5, 5.41) is 12.3. The van der Waals surface area contributed by atoms with Crippen molar-refractivity contribution in [3.05, 3.63) is 70.8 Å². The van der Waals surface area contributed by atoms with Crippen LogP contribution < -0.4 is 14.2 Å². The van der Waals surface area contributed by atoms with E-state index in [1.807, 2.05) is 0 Å². The smallest absolute Gasteiger partial charge is 0.454 e. The molecule has 32 heavy (non-hydrogen) atoms. The molecule has 4 rings (SSSR count). The fourth-order valence-corrected chi connectivity index (χ4v) is 4.15. The first kappa shape index (κ1) is 21.5. The summed E-state index contributed by atoms with van der Waals surface area (Å²) in [5.74, 6) is -3.42. The number of alkyl halides is 3. The molecule has 0 fully saturated rings. The number of carbonyl (C=O) groups is 1. The Morgan fingerprint density at radius 2 is 1.47 bits per heavy atom. The monoisotopic (exact) mass is 444 g/mol. The zero-order valence-electron chi connectivity index (χ0n) is 17.4. The topological polar surface area (TPSA) is 65.0 Å². The summed E-state index contributed by atoms with van der Waals surface area (Å²) in [5.41, 5.74) is -0.0923. The molecule has 0 aromatic heterocycles. The Balaban J connectivity index is 2.08. The summed E-state index contributed by atoms with van der Waals surface area (Å²) in [7, 11) is 4.13. The molecule has 0 saturated carbocycles. The minimum Gasteiger partial charge on any atom is -0.507 e. The largest absolute Gasteiger partial charge is 0.507 e. The van der Waals surface area contributed by atoms with Crippen LogP contribution in [0.5, 0.6) is 17.2 Å². The highest BCUT2D eigenvalue weighted by Gasteiger charge is 2.49. The van der Waals surface area contributed by atoms with Crippen LogP contribution in [0.1, 0.15) is 22.6 Å². The number of hydrogen-bond acceptors (Lipinski definition) is 5. The Morgan fingerprint density at radius 3 is 1.97 bits per heavy atom. The highest BCUT2D eigenvalue weighted by Crippen LogP contribution is 2.53. The molecule has 0 spiro atoms. The van der Waals surface area contributed by atoms with Crippen molar-refractivity contribution in [2.45, 2.75) is 12.1 Å². The van der Waals surface area contributed by atoms with E-state index in [1.54, 1.807) is 36.4 Å². The summed E-state index contributed by atoms with van der Waals surface area (Å²) >= 11 is 0. The first-order chi connectivity index (χ1) is 15.2. The number of methoxy groups -OCH3 is 3. The van der Waals surface area contributed by atoms with Gasteiger partial charge in [-0.05, 0) is 28.5 Å². The van der Waals surface area contributed by atoms with Crippen LogP contribution in [0.15, 0.2) is 54.1 Å². The lowest BCUT2D eigenvalue weighted by atomic mass is 9.84. The first-order valence-electron chi connectivity index (χ1n) is 9.58. The van der Waals surface area contributed by atoms with Gasteiger partial charge in [0, 0.05) is 29.2 Å². The molecule has 8 heteroatoms. The zero-order valence-corrected chi connectivity index (χ0v) is 17.4. The molecular weight excluding hydrogens is 425 g/mol. The average molecular weight is 444 g/mol. The number of Topliss-reactive ketones (excluding diaryl/α,β-unsaturated/α-hetero) is 1. The highest BCUT2D eigenvalue weighted by molar-refractivity contribution is 6.10. The van der Waals surface area contributed by atoms with E-state index in [1.165, 1.54) is 33.5 Å². The van der Waals surface area contributed by atoms with Crippen molar-refractivity contribution >= 4 is 22.3 Å². The minimum absolute atomic E-state index is 0.154. The number of carbonyl (C=O) groups excluding carboxylic acids is 1. The number of ketones is 1. The third-order valence-electron chi connectivity index (χ3n) is 5.57. The maximum atomic E-state index is 13.6. The van der Waals surface area contributed by atoms with E-state index in [4.69, 9.17) is 14.2 Å². The molecule has 1 N–H and O–H groups in total. The normalized spacial score (nSPS) is 15.6. The van der Waals surface area contributed by atoms with E-state index in [2.05, 4.69) is 0 Å². The summed E-state index contributed by atoms with van der Waals surface area (Å²) in [6, 6.07) is 13.4. The van der Waals surface area contributed by atoms with E-state index < -0.39 is 29.2 Å². The highest BCUT2D eigenvalue weighted by atomic mass is 19.4. The Bertz CT molecular complexity index is 1240. The molecule has 5 nitrogen and oxygen atoms in total. The minimum atomic E-state index is -5.18. The summed E-state index contributed by atoms with van der Waals surface area (Å²) in [6.07, 6.45) is -5.18. The first-order valence-corrected chi connectivity index (χ1v) is 9.58. The van der Waals surface area contributed by atoms with Crippen LogP contribution >= 0.6 is 0 Å². The van der Waals surface area contributed by atoms with Gasteiger partial charge < -0.3 is 19.3 Å². The molecule has 0 bridgehead atoms. The van der Waals surface area contributed by atoms with Gasteiger partial charge in [-0.2, -0.15) is 13.2 Å². The molecule has 3 aromatic carbocycles. The standard InChI is InChI=1S/C24H19F3O5/c1-30-14-10-17(31-2)20(18(11-14)32-3)19-15-8-12-6-4-5-7-13(12)9-16(15)22(28)21(19)23(29)24(25,26)27/h4-11,19,28H,1-3H3. The van der Waals surface area contributed by atoms with Crippen LogP contribution in [0, 0.1) is 0 Å². The van der Waals surface area contributed by atoms with Gasteiger partial charge in [0.15, 0.2) is 0 Å². The van der Waals surface area contributed by atoms with E-state index in [0.29, 0.717) is 16.7 Å². The number of aliphatic hydroxyl groups is 1. The van der Waals surface area contributed by atoms with Crippen molar-refractivity contribution in [3.63, 3.8) is 0 Å². The average Bonchev–Trinajstić information content (AvgIpc) is 3.06. The van der Waals surface area contributed by atoms with Gasteiger partial charge in [-0.15, -0.1) is 0 Å². The molecule has 1 aliphatic carbocycles. The SMILES string of the molecule is COc1cc(OC)c(C2C(C(=O)C(F)(F)F)=C(O)c3cc4ccccc4cc32)c(OC)c1. The second kappa shape index (κ2) is 7.78. The lowest BCUT2D eigenvalue weighted by molar-refractivity contribution is -0.166. The van der Waals surface area contributed by atoms with Crippen LogP contribution in [0.25, 0.3) is 16.5 Å². The molecular formula is C24H19F3O5. The van der Waals surface area contributed by atoms with Gasteiger partial charge in [-0.1, -0.05) is 24.3 Å². The Hall–Kier alpha value is -3.68. The fourth-order valence-electron chi connectivity index (χ4n) is 4.15. The molecule has 1 aliphatic rings. The predicted octanol–water partition coefficient (Wildman–Crippen LogP) is 5.41.